The summed E-state index contributed by atoms with van der Waals surface area (Å²) in [6.07, 6.45) is 7.10. The van der Waals surface area contributed by atoms with Gasteiger partial charge in [0.05, 0.1) is 33.8 Å². The van der Waals surface area contributed by atoms with Gasteiger partial charge in [0.15, 0.2) is 0 Å². The van der Waals surface area contributed by atoms with Gasteiger partial charge in [0.25, 0.3) is 0 Å². The van der Waals surface area contributed by atoms with Crippen molar-refractivity contribution < 1.29 is 14.6 Å². The highest BCUT2D eigenvalue weighted by Gasteiger charge is 2.28. The number of fused-ring (bicyclic) bond motifs is 1. The fourth-order valence-electron chi connectivity index (χ4n) is 4.27. The zero-order valence-electron chi connectivity index (χ0n) is 19.0. The Hall–Kier alpha value is -3.89. The van der Waals surface area contributed by atoms with Crippen LogP contribution in [0.25, 0.3) is 16.6 Å². The maximum Gasteiger partial charge on any atom is 0.341 e. The Balaban J connectivity index is 1.81. The first-order chi connectivity index (χ1) is 17.2. The fraction of sp³-hybridized carbons (Fsp3) is 0.208. The van der Waals surface area contributed by atoms with Crippen LogP contribution < -0.4 is 32.3 Å². The molecule has 10 nitrogen and oxygen atoms in total. The second-order valence-electron chi connectivity index (χ2n) is 8.19. The van der Waals surface area contributed by atoms with Crippen LogP contribution in [0, 0.1) is 0 Å². The van der Waals surface area contributed by atoms with Gasteiger partial charge in [-0.15, -0.1) is 0 Å². The lowest BCUT2D eigenvalue weighted by Gasteiger charge is -2.28. The Kier molecular flexibility index (Phi) is 7.27. The predicted octanol–water partition coefficient (Wildman–Crippen LogP) is 2.97. The maximum atomic E-state index is 13.0. The van der Waals surface area contributed by atoms with Crippen LogP contribution in [-0.4, -0.2) is 39.8 Å². The highest BCUT2D eigenvalue weighted by atomic mass is 35.5. The number of hydrogen-bond donors (Lipinski definition) is 4. The number of halogens is 2. The van der Waals surface area contributed by atoms with Crippen molar-refractivity contribution in [1.82, 2.24) is 9.55 Å². The third kappa shape index (κ3) is 4.91. The van der Waals surface area contributed by atoms with Crippen molar-refractivity contribution in [3.63, 3.8) is 0 Å². The van der Waals surface area contributed by atoms with Crippen LogP contribution in [0.4, 0.5) is 5.69 Å². The van der Waals surface area contributed by atoms with Crippen molar-refractivity contribution in [3.05, 3.63) is 80.6 Å². The van der Waals surface area contributed by atoms with Crippen LogP contribution >= 0.6 is 23.2 Å². The van der Waals surface area contributed by atoms with Crippen molar-refractivity contribution in [2.24, 2.45) is 17.2 Å². The molecule has 0 amide bonds. The highest BCUT2D eigenvalue weighted by Crippen LogP contribution is 2.36. The van der Waals surface area contributed by atoms with E-state index in [1.807, 2.05) is 0 Å². The van der Waals surface area contributed by atoms with Crippen LogP contribution in [-0.2, 0) is 0 Å². The van der Waals surface area contributed by atoms with E-state index in [1.165, 1.54) is 29.1 Å². The molecule has 4 rings (SSSR count). The van der Waals surface area contributed by atoms with Crippen molar-refractivity contribution in [1.29, 1.82) is 0 Å². The first-order valence-corrected chi connectivity index (χ1v) is 11.7. The zero-order chi connectivity index (χ0) is 26.0. The summed E-state index contributed by atoms with van der Waals surface area (Å²) >= 11 is 12.8. The van der Waals surface area contributed by atoms with Crippen LogP contribution in [0.2, 0.25) is 10.0 Å². The van der Waals surface area contributed by atoms with E-state index < -0.39 is 17.0 Å². The number of carboxylic acid groups (broad SMARTS) is 1. The average Bonchev–Trinajstić information content (AvgIpc) is 3.30. The lowest BCUT2D eigenvalue weighted by Crippen LogP contribution is -2.34. The topological polar surface area (TPSA) is 163 Å². The van der Waals surface area contributed by atoms with Crippen molar-refractivity contribution >= 4 is 51.5 Å². The standard InChI is InChI=1S/C24H24Cl2N6O4/c25-17-4-1-5-30-23(17)36-12-13-3-2-6-31(13)20-9-19-15(8-18(20)26)22(33)16(24(34)35)11-32(19)14(10-27)7-21(28)29/h1,4-5,7-11,13H,2-3,6,12,27-29H2,(H,34,35)/b14-10+. The number of anilines is 1. The first-order valence-electron chi connectivity index (χ1n) is 11.0. The number of benzene rings is 1. The summed E-state index contributed by atoms with van der Waals surface area (Å²) in [5.74, 6) is -1.09. The van der Waals surface area contributed by atoms with Crippen LogP contribution in [0.1, 0.15) is 23.2 Å². The van der Waals surface area contributed by atoms with E-state index in [9.17, 15) is 14.7 Å². The Bertz CT molecular complexity index is 1450. The van der Waals surface area contributed by atoms with Crippen LogP contribution in [0.15, 0.2) is 59.6 Å². The van der Waals surface area contributed by atoms with Crippen molar-refractivity contribution in [3.8, 4) is 5.88 Å². The van der Waals surface area contributed by atoms with Gasteiger partial charge in [-0.3, -0.25) is 4.79 Å². The second-order valence-corrected chi connectivity index (χ2v) is 9.01. The molecule has 1 saturated heterocycles. The van der Waals surface area contributed by atoms with Gasteiger partial charge in [0.2, 0.25) is 11.3 Å². The SMILES string of the molecule is N/C=C(\C=C(N)N)n1cc(C(=O)O)c(=O)c2cc(Cl)c(N3CCCC3COc3ncccc3Cl)cc21. The van der Waals surface area contributed by atoms with Gasteiger partial charge in [-0.2, -0.15) is 0 Å². The largest absolute Gasteiger partial charge is 0.477 e. The van der Waals surface area contributed by atoms with Gasteiger partial charge in [0, 0.05) is 36.6 Å². The van der Waals surface area contributed by atoms with E-state index in [0.717, 1.165) is 12.8 Å². The summed E-state index contributed by atoms with van der Waals surface area (Å²) in [6, 6.07) is 6.57. The molecule has 12 heteroatoms. The van der Waals surface area contributed by atoms with E-state index in [2.05, 4.69) is 9.88 Å². The zero-order valence-corrected chi connectivity index (χ0v) is 20.5. The number of nitrogens with two attached hydrogens (primary N) is 3. The van der Waals surface area contributed by atoms with Gasteiger partial charge in [-0.05, 0) is 37.1 Å². The normalized spacial score (nSPS) is 15.8. The summed E-state index contributed by atoms with van der Waals surface area (Å²) in [7, 11) is 0. The molecule has 2 aromatic heterocycles. The van der Waals surface area contributed by atoms with Crippen molar-refractivity contribution in [2.45, 2.75) is 18.9 Å². The lowest BCUT2D eigenvalue weighted by atomic mass is 10.1. The quantitative estimate of drug-likeness (QED) is 0.336. The average molecular weight is 531 g/mol. The number of carboxylic acids is 1. The van der Waals surface area contributed by atoms with Gasteiger partial charge >= 0.3 is 5.97 Å². The molecule has 3 heterocycles. The minimum absolute atomic E-state index is 0.0411. The number of nitrogens with zero attached hydrogens (tertiary/aromatic N) is 3. The van der Waals surface area contributed by atoms with Gasteiger partial charge in [0.1, 0.15) is 17.2 Å². The number of carbonyl (C=O) groups is 1. The number of allylic oxidation sites excluding steroid dienone is 2. The number of aromatic carboxylic acids is 1. The molecular formula is C24H24Cl2N6O4. The Morgan fingerprint density at radius 2 is 2.06 bits per heavy atom. The summed E-state index contributed by atoms with van der Waals surface area (Å²) < 4.78 is 7.33. The molecule has 0 aliphatic carbocycles. The molecule has 3 aromatic rings. The molecule has 1 atom stereocenters. The van der Waals surface area contributed by atoms with Crippen LogP contribution in [0.5, 0.6) is 5.88 Å². The minimum atomic E-state index is -1.39. The third-order valence-electron chi connectivity index (χ3n) is 5.89. The maximum absolute atomic E-state index is 13.0. The summed E-state index contributed by atoms with van der Waals surface area (Å²) in [6.45, 7) is 1.01. The molecule has 0 radical (unpaired) electrons. The monoisotopic (exact) mass is 530 g/mol. The molecule has 1 aliphatic rings. The highest BCUT2D eigenvalue weighted by molar-refractivity contribution is 6.34. The van der Waals surface area contributed by atoms with E-state index in [0.29, 0.717) is 40.3 Å². The first kappa shape index (κ1) is 25.2. The number of aromatic nitrogens is 2. The molecule has 36 heavy (non-hydrogen) atoms. The second kappa shape index (κ2) is 10.4. The number of pyridine rings is 2. The number of ether oxygens (including phenoxy) is 1. The van der Waals surface area contributed by atoms with Gasteiger partial charge in [-0.1, -0.05) is 23.2 Å². The number of rotatable bonds is 7. The third-order valence-corrected chi connectivity index (χ3v) is 6.48. The predicted molar refractivity (Wildman–Crippen MR) is 140 cm³/mol. The molecule has 1 aliphatic heterocycles. The number of hydrogen-bond acceptors (Lipinski definition) is 8. The van der Waals surface area contributed by atoms with Gasteiger partial charge < -0.3 is 36.5 Å². The van der Waals surface area contributed by atoms with E-state index in [-0.39, 0.29) is 22.9 Å². The molecule has 1 aromatic carbocycles. The molecule has 0 bridgehead atoms. The molecule has 188 valence electrons. The molecule has 0 spiro atoms. The lowest BCUT2D eigenvalue weighted by molar-refractivity contribution is 0.0695. The summed E-state index contributed by atoms with van der Waals surface area (Å²) in [4.78, 5) is 31.0. The summed E-state index contributed by atoms with van der Waals surface area (Å²) in [5, 5.41) is 10.4. The Morgan fingerprint density at radius 1 is 1.28 bits per heavy atom. The fourth-order valence-corrected chi connectivity index (χ4v) is 4.72. The minimum Gasteiger partial charge on any atom is -0.477 e. The van der Waals surface area contributed by atoms with E-state index in [1.54, 1.807) is 24.4 Å². The van der Waals surface area contributed by atoms with Crippen molar-refractivity contribution in [2.75, 3.05) is 18.1 Å². The molecule has 7 N–H and O–H groups in total. The van der Waals surface area contributed by atoms with Crippen LogP contribution in [0.3, 0.4) is 0 Å². The Labute approximate surface area is 216 Å². The van der Waals surface area contributed by atoms with E-state index in [4.69, 9.17) is 45.1 Å². The molecular weight excluding hydrogens is 507 g/mol. The smallest absolute Gasteiger partial charge is 0.341 e. The molecule has 0 saturated carbocycles. The van der Waals surface area contributed by atoms with Gasteiger partial charge in [-0.25, -0.2) is 9.78 Å². The molecule has 1 fully saturated rings. The van der Waals surface area contributed by atoms with E-state index >= 15 is 0 Å². The summed E-state index contributed by atoms with van der Waals surface area (Å²) in [5.41, 5.74) is 17.3. The molecule has 1 unspecified atom stereocenters. The Morgan fingerprint density at radius 3 is 2.72 bits per heavy atom.